The van der Waals surface area contributed by atoms with Gasteiger partial charge < -0.3 is 21.1 Å². The minimum Gasteiger partial charge on any atom is -0.398 e. The summed E-state index contributed by atoms with van der Waals surface area (Å²) >= 11 is 0. The molecule has 1 aliphatic rings. The third-order valence-corrected chi connectivity index (χ3v) is 5.10. The van der Waals surface area contributed by atoms with E-state index < -0.39 is 0 Å². The number of benzene rings is 2. The third kappa shape index (κ3) is 5.30. The smallest absolute Gasteiger partial charge is 0.0885 e. The lowest BCUT2D eigenvalue weighted by molar-refractivity contribution is 0.122. The van der Waals surface area contributed by atoms with Gasteiger partial charge in [-0.25, -0.2) is 0 Å². The number of nitrogens with two attached hydrogens (primary N) is 2. The van der Waals surface area contributed by atoms with Crippen LogP contribution in [0.1, 0.15) is 5.56 Å². The van der Waals surface area contributed by atoms with Crippen LogP contribution in [0.5, 0.6) is 0 Å². The highest BCUT2D eigenvalue weighted by molar-refractivity contribution is 5.65. The van der Waals surface area contributed by atoms with Crippen LogP contribution in [0.4, 0.5) is 17.1 Å². The monoisotopic (exact) mass is 417 g/mol. The van der Waals surface area contributed by atoms with Crippen LogP contribution in [0.2, 0.25) is 0 Å². The van der Waals surface area contributed by atoms with E-state index in [0.29, 0.717) is 12.2 Å². The molecule has 0 unspecified atom stereocenters. The fourth-order valence-corrected chi connectivity index (χ4v) is 3.40. The molecule has 0 bridgehead atoms. The molecule has 0 aliphatic carbocycles. The zero-order chi connectivity index (χ0) is 21.5. The normalized spacial score (nSPS) is 13.5. The molecule has 0 saturated carbocycles. The highest BCUT2D eigenvalue weighted by Crippen LogP contribution is 2.22. The van der Waals surface area contributed by atoms with Crippen molar-refractivity contribution in [3.05, 3.63) is 79.0 Å². The van der Waals surface area contributed by atoms with Crippen molar-refractivity contribution in [3.63, 3.8) is 0 Å². The number of nitrogens with one attached hydrogen (secondary N) is 1. The Kier molecular flexibility index (Phi) is 6.61. The van der Waals surface area contributed by atoms with E-state index in [4.69, 9.17) is 16.2 Å². The molecule has 0 amide bonds. The fraction of sp³-hybridized carbons (Fsp3) is 0.217. The first-order valence-electron chi connectivity index (χ1n) is 10.2. The maximum Gasteiger partial charge on any atom is 0.0885 e. The third-order valence-electron chi connectivity index (χ3n) is 5.10. The molecule has 0 spiro atoms. The number of hydrogen-bond acceptors (Lipinski definition) is 7. The zero-order valence-corrected chi connectivity index (χ0v) is 17.3. The van der Waals surface area contributed by atoms with Gasteiger partial charge in [-0.3, -0.25) is 20.1 Å². The van der Waals surface area contributed by atoms with E-state index in [1.54, 1.807) is 18.6 Å². The summed E-state index contributed by atoms with van der Waals surface area (Å²) < 4.78 is 7.26. The topological polar surface area (TPSA) is 107 Å². The Morgan fingerprint density at radius 2 is 1.81 bits per heavy atom. The minimum atomic E-state index is 0.401. The van der Waals surface area contributed by atoms with Crippen molar-refractivity contribution >= 4 is 17.1 Å². The molecule has 31 heavy (non-hydrogen) atoms. The number of anilines is 3. The van der Waals surface area contributed by atoms with Gasteiger partial charge in [0, 0.05) is 61.4 Å². The van der Waals surface area contributed by atoms with Gasteiger partial charge in [0.15, 0.2) is 0 Å². The number of ether oxygens (including phenoxy) is 1. The lowest BCUT2D eigenvalue weighted by atomic mass is 10.1. The van der Waals surface area contributed by atoms with Gasteiger partial charge in [0.25, 0.3) is 0 Å². The summed E-state index contributed by atoms with van der Waals surface area (Å²) in [7, 11) is 0. The molecular weight excluding hydrogens is 390 g/mol. The van der Waals surface area contributed by atoms with Crippen LogP contribution in [-0.2, 0) is 11.3 Å². The second kappa shape index (κ2) is 9.92. The Morgan fingerprint density at radius 1 is 1.00 bits per heavy atom. The van der Waals surface area contributed by atoms with Crippen molar-refractivity contribution in [2.75, 3.05) is 42.4 Å². The molecule has 1 fully saturated rings. The Balaban J connectivity index is 1.61. The molecule has 8 heteroatoms. The van der Waals surface area contributed by atoms with Crippen LogP contribution < -0.4 is 21.8 Å². The van der Waals surface area contributed by atoms with Gasteiger partial charge in [0.05, 0.1) is 30.8 Å². The summed E-state index contributed by atoms with van der Waals surface area (Å²) in [6, 6.07) is 14.1. The summed E-state index contributed by atoms with van der Waals surface area (Å²) in [5, 5.41) is 0. The molecule has 1 aromatic heterocycles. The van der Waals surface area contributed by atoms with Crippen molar-refractivity contribution < 1.29 is 4.74 Å². The first kappa shape index (κ1) is 20.6. The molecule has 0 radical (unpaired) electrons. The number of nitrogen functional groups attached to an aromatic ring is 1. The number of hydrogen-bond donors (Lipinski definition) is 3. The maximum absolute atomic E-state index is 6.13. The molecule has 0 atom stereocenters. The lowest BCUT2D eigenvalue weighted by Crippen LogP contribution is -2.36. The van der Waals surface area contributed by atoms with E-state index >= 15 is 0 Å². The highest BCUT2D eigenvalue weighted by Gasteiger charge is 2.10. The molecule has 5 N–H and O–H groups in total. The molecule has 1 aliphatic heterocycles. The van der Waals surface area contributed by atoms with Gasteiger partial charge in [0.1, 0.15) is 0 Å². The van der Waals surface area contributed by atoms with Crippen molar-refractivity contribution in [1.82, 2.24) is 14.6 Å². The summed E-state index contributed by atoms with van der Waals surface area (Å²) in [5.41, 5.74) is 20.6. The van der Waals surface area contributed by atoms with Gasteiger partial charge in [0.2, 0.25) is 0 Å². The highest BCUT2D eigenvalue weighted by atomic mass is 16.5. The molecule has 3 aromatic rings. The standard InChI is InChI=1S/C23H27N7O/c24-16-19-2-1-18(15-22(19)25)23-17-30(10-9-26-7-8-27-23)28-20-3-5-21(6-4-20)29-11-13-31-14-12-29/h1-10,15,17,28H,11-14,16,24-25H2. The maximum atomic E-state index is 6.13. The van der Waals surface area contributed by atoms with E-state index in [2.05, 4.69) is 44.6 Å². The van der Waals surface area contributed by atoms with Gasteiger partial charge in [-0.2, -0.15) is 0 Å². The van der Waals surface area contributed by atoms with Crippen LogP contribution in [0.3, 0.4) is 0 Å². The molecule has 4 rings (SSSR count). The van der Waals surface area contributed by atoms with Crippen molar-refractivity contribution in [2.24, 2.45) is 5.73 Å². The van der Waals surface area contributed by atoms with Gasteiger partial charge in [-0.15, -0.1) is 0 Å². The van der Waals surface area contributed by atoms with Crippen LogP contribution >= 0.6 is 0 Å². The Labute approximate surface area is 181 Å². The van der Waals surface area contributed by atoms with Crippen LogP contribution in [-0.4, -0.2) is 40.9 Å². The Morgan fingerprint density at radius 3 is 2.55 bits per heavy atom. The van der Waals surface area contributed by atoms with Crippen LogP contribution in [0, 0.1) is 0 Å². The number of aromatic nitrogens is 3. The number of morpholine rings is 1. The summed E-state index contributed by atoms with van der Waals surface area (Å²) in [6.07, 6.45) is 8.73. The van der Waals surface area contributed by atoms with E-state index in [9.17, 15) is 0 Å². The Hall–Kier alpha value is -3.62. The predicted molar refractivity (Wildman–Crippen MR) is 124 cm³/mol. The average Bonchev–Trinajstić information content (AvgIpc) is 2.92. The second-order valence-corrected chi connectivity index (χ2v) is 7.17. The van der Waals surface area contributed by atoms with Crippen molar-refractivity contribution in [1.29, 1.82) is 0 Å². The molecule has 2 aromatic carbocycles. The molecular formula is C23H27N7O. The van der Waals surface area contributed by atoms with E-state index in [-0.39, 0.29) is 0 Å². The molecule has 1 saturated heterocycles. The lowest BCUT2D eigenvalue weighted by Gasteiger charge is -2.29. The van der Waals surface area contributed by atoms with E-state index in [1.807, 2.05) is 35.3 Å². The van der Waals surface area contributed by atoms with Crippen molar-refractivity contribution in [2.45, 2.75) is 6.54 Å². The second-order valence-electron chi connectivity index (χ2n) is 7.17. The zero-order valence-electron chi connectivity index (χ0n) is 17.3. The van der Waals surface area contributed by atoms with Crippen LogP contribution in [0.25, 0.3) is 11.3 Å². The van der Waals surface area contributed by atoms with E-state index in [0.717, 1.165) is 48.8 Å². The fourth-order valence-electron chi connectivity index (χ4n) is 3.40. The molecule has 160 valence electrons. The van der Waals surface area contributed by atoms with Crippen molar-refractivity contribution in [3.8, 4) is 11.3 Å². The van der Waals surface area contributed by atoms with Gasteiger partial charge >= 0.3 is 0 Å². The quantitative estimate of drug-likeness (QED) is 0.548. The predicted octanol–water partition coefficient (Wildman–Crippen LogP) is 2.82. The molecule has 8 nitrogen and oxygen atoms in total. The summed E-state index contributed by atoms with van der Waals surface area (Å²) in [6.45, 7) is 3.76. The Bertz CT molecular complexity index is 1060. The SMILES string of the molecule is NCc1ccc(-c2cn(Nc3ccc(N4CCOCC4)cc3)ccnccn2)cc1N. The van der Waals surface area contributed by atoms with Crippen LogP contribution in [0.15, 0.2) is 73.4 Å². The first-order valence-corrected chi connectivity index (χ1v) is 10.2. The minimum absolute atomic E-state index is 0.401. The number of rotatable bonds is 5. The van der Waals surface area contributed by atoms with Gasteiger partial charge in [-0.1, -0.05) is 12.1 Å². The average molecular weight is 418 g/mol. The van der Waals surface area contributed by atoms with E-state index in [1.165, 1.54) is 5.69 Å². The summed E-state index contributed by atoms with van der Waals surface area (Å²) in [4.78, 5) is 11.1. The summed E-state index contributed by atoms with van der Waals surface area (Å²) in [5.74, 6) is 0. The number of nitrogens with zero attached hydrogens (tertiary/aromatic N) is 4. The molecule has 2 heterocycles. The van der Waals surface area contributed by atoms with Gasteiger partial charge in [-0.05, 0) is 35.9 Å². The first-order chi connectivity index (χ1) is 15.2. The largest absolute Gasteiger partial charge is 0.398 e.